The molecular weight excluding hydrogens is 294 g/mol. The Hall–Kier alpha value is -2.08. The maximum Gasteiger partial charge on any atom is 0.259 e. The van der Waals surface area contributed by atoms with Gasteiger partial charge in [-0.3, -0.25) is 9.59 Å². The van der Waals surface area contributed by atoms with Gasteiger partial charge in [-0.05, 0) is 43.6 Å². The van der Waals surface area contributed by atoms with E-state index in [0.29, 0.717) is 17.4 Å². The summed E-state index contributed by atoms with van der Waals surface area (Å²) in [5.74, 6) is 0.684. The average Bonchev–Trinajstić information content (AvgIpc) is 2.44. The van der Waals surface area contributed by atoms with E-state index in [0.717, 1.165) is 18.7 Å². The molecule has 0 saturated carbocycles. The van der Waals surface area contributed by atoms with Crippen molar-refractivity contribution in [2.75, 3.05) is 39.1 Å². The van der Waals surface area contributed by atoms with E-state index in [9.17, 15) is 9.59 Å². The molecule has 0 aliphatic carbocycles. The van der Waals surface area contributed by atoms with Gasteiger partial charge in [0.2, 0.25) is 5.91 Å². The second-order valence-electron chi connectivity index (χ2n) is 6.27. The molecule has 2 N–H and O–H groups in total. The fourth-order valence-electron chi connectivity index (χ4n) is 2.25. The number of hydrogen-bond donors (Lipinski definition) is 2. The SMILES string of the molecule is Cc1ccc(NC(=O)C(C)C2CNC2)c(OCC(=O)N(C)C)c1. The first kappa shape index (κ1) is 17.3. The molecular formula is C17H25N3O3. The third-order valence-corrected chi connectivity index (χ3v) is 4.18. The summed E-state index contributed by atoms with van der Waals surface area (Å²) < 4.78 is 5.60. The van der Waals surface area contributed by atoms with Crippen LogP contribution in [0.25, 0.3) is 0 Å². The molecule has 1 aliphatic heterocycles. The summed E-state index contributed by atoms with van der Waals surface area (Å²) >= 11 is 0. The number of aryl methyl sites for hydroxylation is 1. The average molecular weight is 319 g/mol. The Morgan fingerprint density at radius 3 is 2.65 bits per heavy atom. The van der Waals surface area contributed by atoms with Crippen LogP contribution in [0.1, 0.15) is 12.5 Å². The van der Waals surface area contributed by atoms with Gasteiger partial charge in [0.05, 0.1) is 5.69 Å². The van der Waals surface area contributed by atoms with E-state index in [1.807, 2.05) is 32.0 Å². The van der Waals surface area contributed by atoms with Gasteiger partial charge in [0.1, 0.15) is 5.75 Å². The number of benzene rings is 1. The maximum absolute atomic E-state index is 12.4. The van der Waals surface area contributed by atoms with Gasteiger partial charge in [0.25, 0.3) is 5.91 Å². The van der Waals surface area contributed by atoms with Crippen LogP contribution in [0, 0.1) is 18.8 Å². The summed E-state index contributed by atoms with van der Waals surface area (Å²) in [7, 11) is 3.36. The molecule has 1 unspecified atom stereocenters. The van der Waals surface area contributed by atoms with Gasteiger partial charge < -0.3 is 20.3 Å². The van der Waals surface area contributed by atoms with E-state index in [4.69, 9.17) is 4.74 Å². The van der Waals surface area contributed by atoms with Crippen LogP contribution in [0.3, 0.4) is 0 Å². The molecule has 1 aliphatic rings. The molecule has 2 rings (SSSR count). The number of likely N-dealkylation sites (N-methyl/N-ethyl adjacent to an activating group) is 1. The van der Waals surface area contributed by atoms with Crippen molar-refractivity contribution < 1.29 is 14.3 Å². The Kier molecular flexibility index (Phi) is 5.60. The third-order valence-electron chi connectivity index (χ3n) is 4.18. The normalized spacial score (nSPS) is 15.5. The number of amides is 2. The molecule has 1 aromatic rings. The second kappa shape index (κ2) is 7.46. The first-order chi connectivity index (χ1) is 10.9. The topological polar surface area (TPSA) is 70.7 Å². The minimum Gasteiger partial charge on any atom is -0.482 e. The Balaban J connectivity index is 2.05. The number of anilines is 1. The lowest BCUT2D eigenvalue weighted by Crippen LogP contribution is -2.48. The standard InChI is InChI=1S/C17H25N3O3/c1-11-5-6-14(15(7-11)23-10-16(21)20(3)4)19-17(22)12(2)13-8-18-9-13/h5-7,12-13,18H,8-10H2,1-4H3,(H,19,22). The lowest BCUT2D eigenvalue weighted by Gasteiger charge is -2.31. The highest BCUT2D eigenvalue weighted by molar-refractivity contribution is 5.94. The van der Waals surface area contributed by atoms with Crippen LogP contribution in [0.4, 0.5) is 5.69 Å². The van der Waals surface area contributed by atoms with Gasteiger partial charge in [-0.2, -0.15) is 0 Å². The molecule has 1 atom stereocenters. The zero-order valence-electron chi connectivity index (χ0n) is 14.2. The molecule has 1 fully saturated rings. The molecule has 0 radical (unpaired) electrons. The molecule has 2 amide bonds. The molecule has 1 aromatic carbocycles. The first-order valence-electron chi connectivity index (χ1n) is 7.83. The van der Waals surface area contributed by atoms with Crippen molar-refractivity contribution in [3.63, 3.8) is 0 Å². The van der Waals surface area contributed by atoms with Crippen molar-refractivity contribution in [3.8, 4) is 5.75 Å². The largest absolute Gasteiger partial charge is 0.482 e. The van der Waals surface area contributed by atoms with E-state index >= 15 is 0 Å². The van der Waals surface area contributed by atoms with Gasteiger partial charge in [-0.1, -0.05) is 13.0 Å². The smallest absolute Gasteiger partial charge is 0.259 e. The minimum atomic E-state index is -0.127. The maximum atomic E-state index is 12.4. The Labute approximate surface area is 137 Å². The van der Waals surface area contributed by atoms with Crippen LogP contribution in [0.2, 0.25) is 0 Å². The summed E-state index contributed by atoms with van der Waals surface area (Å²) in [5, 5.41) is 6.10. The molecule has 6 heteroatoms. The number of carbonyl (C=O) groups excluding carboxylic acids is 2. The van der Waals surface area contributed by atoms with Gasteiger partial charge in [0.15, 0.2) is 6.61 Å². The first-order valence-corrected chi connectivity index (χ1v) is 7.83. The number of hydrogen-bond acceptors (Lipinski definition) is 4. The number of nitrogens with one attached hydrogen (secondary N) is 2. The molecule has 0 bridgehead atoms. The zero-order chi connectivity index (χ0) is 17.0. The number of rotatable bonds is 6. The van der Waals surface area contributed by atoms with Crippen molar-refractivity contribution in [2.24, 2.45) is 11.8 Å². The highest BCUT2D eigenvalue weighted by atomic mass is 16.5. The third kappa shape index (κ3) is 4.45. The van der Waals surface area contributed by atoms with Gasteiger partial charge in [-0.15, -0.1) is 0 Å². The molecule has 23 heavy (non-hydrogen) atoms. The van der Waals surface area contributed by atoms with E-state index in [1.54, 1.807) is 14.1 Å². The van der Waals surface area contributed by atoms with E-state index in [-0.39, 0.29) is 24.3 Å². The molecule has 1 heterocycles. The lowest BCUT2D eigenvalue weighted by molar-refractivity contribution is -0.130. The highest BCUT2D eigenvalue weighted by Gasteiger charge is 2.29. The highest BCUT2D eigenvalue weighted by Crippen LogP contribution is 2.27. The minimum absolute atomic E-state index is 0.0239. The molecule has 0 spiro atoms. The zero-order valence-corrected chi connectivity index (χ0v) is 14.2. The summed E-state index contributed by atoms with van der Waals surface area (Å²) in [6, 6.07) is 5.55. The fourth-order valence-corrected chi connectivity index (χ4v) is 2.25. The summed E-state index contributed by atoms with van der Waals surface area (Å²) in [5.41, 5.74) is 1.61. The lowest BCUT2D eigenvalue weighted by atomic mass is 9.88. The van der Waals surface area contributed by atoms with Crippen molar-refractivity contribution in [1.82, 2.24) is 10.2 Å². The van der Waals surface area contributed by atoms with E-state index in [1.165, 1.54) is 4.90 Å². The van der Waals surface area contributed by atoms with Crippen molar-refractivity contribution in [2.45, 2.75) is 13.8 Å². The Bertz CT molecular complexity index is 582. The quantitative estimate of drug-likeness (QED) is 0.828. The van der Waals surface area contributed by atoms with Gasteiger partial charge in [-0.25, -0.2) is 0 Å². The fraction of sp³-hybridized carbons (Fsp3) is 0.529. The van der Waals surface area contributed by atoms with E-state index < -0.39 is 0 Å². The predicted molar refractivity (Wildman–Crippen MR) is 89.5 cm³/mol. The van der Waals surface area contributed by atoms with Crippen molar-refractivity contribution in [1.29, 1.82) is 0 Å². The number of ether oxygens (including phenoxy) is 1. The Morgan fingerprint density at radius 1 is 1.39 bits per heavy atom. The summed E-state index contributed by atoms with van der Waals surface area (Å²) in [4.78, 5) is 25.5. The van der Waals surface area contributed by atoms with Crippen LogP contribution in [-0.4, -0.2) is 50.5 Å². The van der Waals surface area contributed by atoms with Crippen molar-refractivity contribution >= 4 is 17.5 Å². The predicted octanol–water partition coefficient (Wildman–Crippen LogP) is 1.26. The van der Waals surface area contributed by atoms with Crippen LogP contribution < -0.4 is 15.4 Å². The van der Waals surface area contributed by atoms with Gasteiger partial charge in [0, 0.05) is 20.0 Å². The molecule has 1 saturated heterocycles. The second-order valence-corrected chi connectivity index (χ2v) is 6.27. The Morgan fingerprint density at radius 2 is 2.09 bits per heavy atom. The molecule has 6 nitrogen and oxygen atoms in total. The van der Waals surface area contributed by atoms with Crippen LogP contribution in [0.15, 0.2) is 18.2 Å². The summed E-state index contributed by atoms with van der Waals surface area (Å²) in [6.45, 7) is 5.58. The van der Waals surface area contributed by atoms with Crippen LogP contribution >= 0.6 is 0 Å². The number of nitrogens with zero attached hydrogens (tertiary/aromatic N) is 1. The molecule has 126 valence electrons. The number of carbonyl (C=O) groups is 2. The van der Waals surface area contributed by atoms with Crippen molar-refractivity contribution in [3.05, 3.63) is 23.8 Å². The monoisotopic (exact) mass is 319 g/mol. The van der Waals surface area contributed by atoms with E-state index in [2.05, 4.69) is 10.6 Å². The summed E-state index contributed by atoms with van der Waals surface area (Å²) in [6.07, 6.45) is 0. The van der Waals surface area contributed by atoms with Crippen LogP contribution in [0.5, 0.6) is 5.75 Å². The van der Waals surface area contributed by atoms with Crippen LogP contribution in [-0.2, 0) is 9.59 Å². The molecule has 0 aromatic heterocycles. The van der Waals surface area contributed by atoms with Gasteiger partial charge >= 0.3 is 0 Å².